The van der Waals surface area contributed by atoms with Crippen LogP contribution in [0.15, 0.2) is 42.5 Å². The van der Waals surface area contributed by atoms with Crippen molar-refractivity contribution >= 4 is 17.5 Å². The lowest BCUT2D eigenvalue weighted by atomic mass is 9.96. The summed E-state index contributed by atoms with van der Waals surface area (Å²) in [4.78, 5) is 24.2. The SMILES string of the molecule is Cc1cc(C)c(NC(=O)C(=O)NCC(C)(O)c2ccccc2)c(C)c1. The molecular formula is C20H24N2O3. The summed E-state index contributed by atoms with van der Waals surface area (Å²) in [5, 5.41) is 15.6. The fraction of sp³-hybridized carbons (Fsp3) is 0.300. The molecule has 2 rings (SSSR count). The molecule has 25 heavy (non-hydrogen) atoms. The molecule has 0 aliphatic rings. The smallest absolute Gasteiger partial charge is 0.313 e. The average molecular weight is 340 g/mol. The fourth-order valence-corrected chi connectivity index (χ4v) is 2.78. The summed E-state index contributed by atoms with van der Waals surface area (Å²) in [6.45, 7) is 7.27. The van der Waals surface area contributed by atoms with Gasteiger partial charge in [0.1, 0.15) is 5.60 Å². The Kier molecular flexibility index (Phi) is 5.59. The van der Waals surface area contributed by atoms with Crippen LogP contribution in [0.2, 0.25) is 0 Å². The molecule has 0 heterocycles. The van der Waals surface area contributed by atoms with Crippen LogP contribution in [0, 0.1) is 20.8 Å². The maximum Gasteiger partial charge on any atom is 0.313 e. The molecule has 1 unspecified atom stereocenters. The molecule has 0 aromatic heterocycles. The predicted octanol–water partition coefficient (Wildman–Crippen LogP) is 2.57. The summed E-state index contributed by atoms with van der Waals surface area (Å²) in [5.74, 6) is -1.53. The molecule has 0 aliphatic carbocycles. The maximum atomic E-state index is 12.2. The van der Waals surface area contributed by atoms with Gasteiger partial charge in [0.2, 0.25) is 0 Å². The van der Waals surface area contributed by atoms with E-state index in [2.05, 4.69) is 10.6 Å². The highest BCUT2D eigenvalue weighted by atomic mass is 16.3. The van der Waals surface area contributed by atoms with Gasteiger partial charge >= 0.3 is 11.8 Å². The fourth-order valence-electron chi connectivity index (χ4n) is 2.78. The Morgan fingerprint density at radius 1 is 1.00 bits per heavy atom. The van der Waals surface area contributed by atoms with Gasteiger partial charge in [-0.2, -0.15) is 0 Å². The van der Waals surface area contributed by atoms with E-state index in [1.807, 2.05) is 39.0 Å². The molecule has 132 valence electrons. The summed E-state index contributed by atoms with van der Waals surface area (Å²) < 4.78 is 0. The van der Waals surface area contributed by atoms with E-state index in [1.54, 1.807) is 31.2 Å². The minimum atomic E-state index is -1.26. The lowest BCUT2D eigenvalue weighted by molar-refractivity contribution is -0.136. The standard InChI is InChI=1S/C20H24N2O3/c1-13-10-14(2)17(15(3)11-13)22-19(24)18(23)21-12-20(4,25)16-8-6-5-7-9-16/h5-11,25H,12H2,1-4H3,(H,21,23)(H,22,24). The van der Waals surface area contributed by atoms with E-state index in [9.17, 15) is 14.7 Å². The average Bonchev–Trinajstić information content (AvgIpc) is 2.56. The first-order valence-corrected chi connectivity index (χ1v) is 8.15. The number of rotatable bonds is 4. The predicted molar refractivity (Wildman–Crippen MR) is 98.3 cm³/mol. The first-order valence-electron chi connectivity index (χ1n) is 8.15. The Bertz CT molecular complexity index is 760. The highest BCUT2D eigenvalue weighted by molar-refractivity contribution is 6.39. The van der Waals surface area contributed by atoms with Crippen molar-refractivity contribution in [2.75, 3.05) is 11.9 Å². The molecule has 0 aliphatic heterocycles. The molecule has 0 bridgehead atoms. The second-order valence-electron chi connectivity index (χ2n) is 6.55. The third kappa shape index (κ3) is 4.67. The number of hydrogen-bond donors (Lipinski definition) is 3. The zero-order valence-electron chi connectivity index (χ0n) is 15.0. The van der Waals surface area contributed by atoms with Crippen molar-refractivity contribution < 1.29 is 14.7 Å². The molecule has 1 atom stereocenters. The summed E-state index contributed by atoms with van der Waals surface area (Å²) in [5.41, 5.74) is 2.94. The molecular weight excluding hydrogens is 316 g/mol. The van der Waals surface area contributed by atoms with E-state index in [1.165, 1.54) is 0 Å². The van der Waals surface area contributed by atoms with Crippen molar-refractivity contribution in [2.45, 2.75) is 33.3 Å². The van der Waals surface area contributed by atoms with E-state index in [0.717, 1.165) is 16.7 Å². The van der Waals surface area contributed by atoms with E-state index in [-0.39, 0.29) is 6.54 Å². The van der Waals surface area contributed by atoms with Crippen molar-refractivity contribution in [1.82, 2.24) is 5.32 Å². The first kappa shape index (κ1) is 18.7. The van der Waals surface area contributed by atoms with Gasteiger partial charge in [0.05, 0.1) is 6.54 Å². The number of aliphatic hydroxyl groups is 1. The third-order valence-electron chi connectivity index (χ3n) is 4.11. The number of carbonyl (C=O) groups is 2. The van der Waals surface area contributed by atoms with Gasteiger partial charge in [-0.3, -0.25) is 9.59 Å². The Morgan fingerprint density at radius 2 is 1.56 bits per heavy atom. The molecule has 5 heteroatoms. The molecule has 0 fully saturated rings. The van der Waals surface area contributed by atoms with Crippen LogP contribution in [0.1, 0.15) is 29.2 Å². The molecule has 5 nitrogen and oxygen atoms in total. The molecule has 0 saturated heterocycles. The van der Waals surface area contributed by atoms with Crippen molar-refractivity contribution in [1.29, 1.82) is 0 Å². The van der Waals surface area contributed by atoms with E-state index in [4.69, 9.17) is 0 Å². The van der Waals surface area contributed by atoms with Crippen LogP contribution in [0.3, 0.4) is 0 Å². The van der Waals surface area contributed by atoms with Crippen molar-refractivity contribution in [3.8, 4) is 0 Å². The number of aryl methyl sites for hydroxylation is 3. The van der Waals surface area contributed by atoms with E-state index < -0.39 is 17.4 Å². The summed E-state index contributed by atoms with van der Waals surface area (Å²) >= 11 is 0. The summed E-state index contributed by atoms with van der Waals surface area (Å²) in [7, 11) is 0. The van der Waals surface area contributed by atoms with Gasteiger partial charge in [-0.1, -0.05) is 48.0 Å². The second-order valence-corrected chi connectivity index (χ2v) is 6.55. The lowest BCUT2D eigenvalue weighted by Gasteiger charge is -2.24. The molecule has 0 saturated carbocycles. The van der Waals surface area contributed by atoms with Crippen LogP contribution < -0.4 is 10.6 Å². The van der Waals surface area contributed by atoms with Gasteiger partial charge < -0.3 is 15.7 Å². The van der Waals surface area contributed by atoms with Crippen molar-refractivity contribution in [3.63, 3.8) is 0 Å². The van der Waals surface area contributed by atoms with Crippen LogP contribution in [0.25, 0.3) is 0 Å². The Hall–Kier alpha value is -2.66. The van der Waals surface area contributed by atoms with Crippen LogP contribution in [0.5, 0.6) is 0 Å². The number of amides is 2. The van der Waals surface area contributed by atoms with Crippen LogP contribution in [-0.4, -0.2) is 23.5 Å². The molecule has 3 N–H and O–H groups in total. The summed E-state index contributed by atoms with van der Waals surface area (Å²) in [6, 6.07) is 12.9. The Morgan fingerprint density at radius 3 is 2.12 bits per heavy atom. The zero-order valence-corrected chi connectivity index (χ0v) is 15.0. The molecule has 2 amide bonds. The first-order chi connectivity index (χ1) is 11.7. The number of benzene rings is 2. The lowest BCUT2D eigenvalue weighted by Crippen LogP contribution is -2.43. The third-order valence-corrected chi connectivity index (χ3v) is 4.11. The van der Waals surface area contributed by atoms with Crippen molar-refractivity contribution in [2.24, 2.45) is 0 Å². The largest absolute Gasteiger partial charge is 0.384 e. The molecule has 2 aromatic carbocycles. The Labute approximate surface area is 148 Å². The van der Waals surface area contributed by atoms with Crippen molar-refractivity contribution in [3.05, 3.63) is 64.7 Å². The normalized spacial score (nSPS) is 13.0. The van der Waals surface area contributed by atoms with Crippen LogP contribution >= 0.6 is 0 Å². The monoisotopic (exact) mass is 340 g/mol. The molecule has 0 spiro atoms. The number of anilines is 1. The minimum absolute atomic E-state index is 0.0604. The number of hydrogen-bond acceptors (Lipinski definition) is 3. The maximum absolute atomic E-state index is 12.2. The number of carbonyl (C=O) groups excluding carboxylic acids is 2. The van der Waals surface area contributed by atoms with E-state index in [0.29, 0.717) is 11.3 Å². The molecule has 0 radical (unpaired) electrons. The minimum Gasteiger partial charge on any atom is -0.384 e. The topological polar surface area (TPSA) is 78.4 Å². The number of nitrogens with one attached hydrogen (secondary N) is 2. The highest BCUT2D eigenvalue weighted by Crippen LogP contribution is 2.22. The summed E-state index contributed by atoms with van der Waals surface area (Å²) in [6.07, 6.45) is 0. The quantitative estimate of drug-likeness (QED) is 0.749. The van der Waals surface area contributed by atoms with Gasteiger partial charge in [0.25, 0.3) is 0 Å². The van der Waals surface area contributed by atoms with Gasteiger partial charge in [-0.25, -0.2) is 0 Å². The van der Waals surface area contributed by atoms with Gasteiger partial charge in [-0.05, 0) is 44.4 Å². The van der Waals surface area contributed by atoms with Crippen LogP contribution in [-0.2, 0) is 15.2 Å². The molecule has 2 aromatic rings. The zero-order chi connectivity index (χ0) is 18.6. The van der Waals surface area contributed by atoms with Gasteiger partial charge in [0, 0.05) is 5.69 Å². The van der Waals surface area contributed by atoms with E-state index >= 15 is 0 Å². The van der Waals surface area contributed by atoms with Gasteiger partial charge in [-0.15, -0.1) is 0 Å². The van der Waals surface area contributed by atoms with Crippen LogP contribution in [0.4, 0.5) is 5.69 Å². The second kappa shape index (κ2) is 7.49. The Balaban J connectivity index is 2.01. The highest BCUT2D eigenvalue weighted by Gasteiger charge is 2.25. The van der Waals surface area contributed by atoms with Gasteiger partial charge in [0.15, 0.2) is 0 Å².